The highest BCUT2D eigenvalue weighted by molar-refractivity contribution is 5.77. The van der Waals surface area contributed by atoms with Crippen molar-refractivity contribution < 1.29 is 4.79 Å². The van der Waals surface area contributed by atoms with Crippen molar-refractivity contribution in [2.45, 2.75) is 58.4 Å². The molecule has 1 aliphatic carbocycles. The van der Waals surface area contributed by atoms with E-state index in [0.717, 1.165) is 31.8 Å². The molecule has 2 fully saturated rings. The lowest BCUT2D eigenvalue weighted by atomic mass is 9.66. The second-order valence-corrected chi connectivity index (χ2v) is 7.34. The van der Waals surface area contributed by atoms with Crippen LogP contribution in [0.1, 0.15) is 52.9 Å². The van der Waals surface area contributed by atoms with Crippen molar-refractivity contribution in [1.29, 1.82) is 0 Å². The first kappa shape index (κ1) is 13.9. The number of hydrogen-bond acceptors (Lipinski definition) is 2. The minimum absolute atomic E-state index is 0.101. The summed E-state index contributed by atoms with van der Waals surface area (Å²) in [5.74, 6) is 1.12. The van der Waals surface area contributed by atoms with Gasteiger partial charge in [0.2, 0.25) is 5.91 Å². The first-order valence-electron chi connectivity index (χ1n) is 7.31. The van der Waals surface area contributed by atoms with E-state index in [1.807, 2.05) is 11.9 Å². The molecule has 1 spiro atoms. The maximum absolute atomic E-state index is 12.1. The zero-order valence-corrected chi connectivity index (χ0v) is 12.4. The summed E-state index contributed by atoms with van der Waals surface area (Å²) in [6.45, 7) is 8.82. The number of rotatable bonds is 0. The van der Waals surface area contributed by atoms with E-state index in [9.17, 15) is 4.79 Å². The van der Waals surface area contributed by atoms with Gasteiger partial charge in [-0.1, -0.05) is 20.8 Å². The topological polar surface area (TPSA) is 32.3 Å². The molecule has 0 aromatic carbocycles. The zero-order chi connectivity index (χ0) is 13.4. The van der Waals surface area contributed by atoms with Crippen LogP contribution in [0.5, 0.6) is 0 Å². The molecule has 1 saturated carbocycles. The van der Waals surface area contributed by atoms with Gasteiger partial charge in [-0.25, -0.2) is 0 Å². The quantitative estimate of drug-likeness (QED) is 0.718. The Labute approximate surface area is 111 Å². The Morgan fingerprint density at radius 3 is 2.44 bits per heavy atom. The summed E-state index contributed by atoms with van der Waals surface area (Å²) in [5.41, 5.74) is 0.511. The molecular formula is C15H28N2O. The number of amides is 1. The van der Waals surface area contributed by atoms with Crippen LogP contribution in [0.3, 0.4) is 0 Å². The van der Waals surface area contributed by atoms with Gasteiger partial charge < -0.3 is 10.2 Å². The molecule has 0 bridgehead atoms. The van der Waals surface area contributed by atoms with Gasteiger partial charge in [-0.15, -0.1) is 0 Å². The highest BCUT2D eigenvalue weighted by atomic mass is 16.2. The van der Waals surface area contributed by atoms with E-state index < -0.39 is 0 Å². The van der Waals surface area contributed by atoms with Crippen LogP contribution in [0.25, 0.3) is 0 Å². The van der Waals surface area contributed by atoms with Crippen molar-refractivity contribution >= 4 is 5.91 Å². The molecule has 0 atom stereocenters. The first-order chi connectivity index (χ1) is 8.32. The summed E-state index contributed by atoms with van der Waals surface area (Å²) in [6, 6.07) is 0. The Balaban J connectivity index is 2.01. The number of nitrogens with one attached hydrogen (secondary N) is 1. The van der Waals surface area contributed by atoms with Crippen molar-refractivity contribution in [2.24, 2.45) is 11.3 Å². The molecule has 0 radical (unpaired) electrons. The van der Waals surface area contributed by atoms with Crippen LogP contribution in [0.15, 0.2) is 0 Å². The molecule has 1 N–H and O–H groups in total. The third-order valence-corrected chi connectivity index (χ3v) is 5.03. The van der Waals surface area contributed by atoms with Gasteiger partial charge in [-0.3, -0.25) is 4.79 Å². The Hall–Kier alpha value is -0.570. The van der Waals surface area contributed by atoms with Crippen LogP contribution in [0.2, 0.25) is 0 Å². The Morgan fingerprint density at radius 1 is 1.28 bits per heavy atom. The third-order valence-electron chi connectivity index (χ3n) is 5.03. The minimum Gasteiger partial charge on any atom is -0.344 e. The predicted molar refractivity (Wildman–Crippen MR) is 74.4 cm³/mol. The fraction of sp³-hybridized carbons (Fsp3) is 0.933. The van der Waals surface area contributed by atoms with Crippen molar-refractivity contribution in [2.75, 3.05) is 20.1 Å². The lowest BCUT2D eigenvalue weighted by Crippen LogP contribution is -2.49. The predicted octanol–water partition coefficient (Wildman–Crippen LogP) is 2.41. The van der Waals surface area contributed by atoms with E-state index in [0.29, 0.717) is 17.7 Å². The van der Waals surface area contributed by atoms with E-state index in [1.54, 1.807) is 0 Å². The van der Waals surface area contributed by atoms with E-state index >= 15 is 0 Å². The molecule has 104 valence electrons. The van der Waals surface area contributed by atoms with Crippen LogP contribution in [-0.4, -0.2) is 36.5 Å². The summed E-state index contributed by atoms with van der Waals surface area (Å²) in [5, 5.41) is 3.67. The molecule has 18 heavy (non-hydrogen) atoms. The van der Waals surface area contributed by atoms with Crippen LogP contribution >= 0.6 is 0 Å². The molecule has 1 heterocycles. The van der Waals surface area contributed by atoms with Crippen molar-refractivity contribution in [3.05, 3.63) is 0 Å². The van der Waals surface area contributed by atoms with E-state index in [4.69, 9.17) is 0 Å². The highest BCUT2D eigenvalue weighted by Gasteiger charge is 2.41. The number of nitrogens with zero attached hydrogens (tertiary/aromatic N) is 1. The molecule has 0 unspecified atom stereocenters. The lowest BCUT2D eigenvalue weighted by molar-refractivity contribution is -0.130. The average Bonchev–Trinajstić information content (AvgIpc) is 2.39. The van der Waals surface area contributed by atoms with E-state index in [-0.39, 0.29) is 5.54 Å². The second kappa shape index (κ2) is 4.84. The van der Waals surface area contributed by atoms with Gasteiger partial charge >= 0.3 is 0 Å². The van der Waals surface area contributed by atoms with Crippen LogP contribution in [0.4, 0.5) is 0 Å². The zero-order valence-electron chi connectivity index (χ0n) is 12.4. The third kappa shape index (κ3) is 2.87. The van der Waals surface area contributed by atoms with Gasteiger partial charge in [-0.2, -0.15) is 0 Å². The molecule has 0 aromatic heterocycles. The Morgan fingerprint density at radius 2 is 1.89 bits per heavy atom. The van der Waals surface area contributed by atoms with Crippen molar-refractivity contribution in [1.82, 2.24) is 10.2 Å². The van der Waals surface area contributed by atoms with Crippen molar-refractivity contribution in [3.63, 3.8) is 0 Å². The Kier molecular flexibility index (Phi) is 3.72. The summed E-state index contributed by atoms with van der Waals surface area (Å²) in [6.07, 6.45) is 5.53. The van der Waals surface area contributed by atoms with Crippen molar-refractivity contribution in [3.8, 4) is 0 Å². The molecule has 1 aliphatic heterocycles. The fourth-order valence-corrected chi connectivity index (χ4v) is 3.49. The van der Waals surface area contributed by atoms with Gasteiger partial charge in [0.05, 0.1) is 0 Å². The number of likely N-dealkylation sites (N-methyl/N-ethyl adjacent to an activating group) is 1. The van der Waals surface area contributed by atoms with Gasteiger partial charge in [0, 0.05) is 32.1 Å². The fourth-order valence-electron chi connectivity index (χ4n) is 3.49. The smallest absolute Gasteiger partial charge is 0.224 e. The van der Waals surface area contributed by atoms with Crippen LogP contribution in [0, 0.1) is 11.3 Å². The maximum atomic E-state index is 12.1. The largest absolute Gasteiger partial charge is 0.344 e. The maximum Gasteiger partial charge on any atom is 0.224 e. The van der Waals surface area contributed by atoms with E-state index in [2.05, 4.69) is 26.1 Å². The lowest BCUT2D eigenvalue weighted by Gasteiger charge is -2.43. The average molecular weight is 252 g/mol. The molecule has 2 rings (SSSR count). The standard InChI is InChI=1S/C15H28N2O/c1-14(2,3)12-5-7-15(8-6-12)11-13(18)17(4)10-9-16-15/h12,16H,5-11H2,1-4H3. The number of carbonyl (C=O) groups is 1. The molecule has 2 aliphatic rings. The van der Waals surface area contributed by atoms with Gasteiger partial charge in [0.25, 0.3) is 0 Å². The minimum atomic E-state index is 0.101. The monoisotopic (exact) mass is 252 g/mol. The van der Waals surface area contributed by atoms with Gasteiger partial charge in [0.1, 0.15) is 0 Å². The first-order valence-corrected chi connectivity index (χ1v) is 7.31. The summed E-state index contributed by atoms with van der Waals surface area (Å²) >= 11 is 0. The molecule has 1 saturated heterocycles. The summed E-state index contributed by atoms with van der Waals surface area (Å²) in [7, 11) is 1.92. The molecule has 3 nitrogen and oxygen atoms in total. The Bertz CT molecular complexity index is 311. The SMILES string of the molecule is CN1CCNC2(CCC(C(C)(C)C)CC2)CC1=O. The molecular weight excluding hydrogens is 224 g/mol. The molecule has 0 aromatic rings. The van der Waals surface area contributed by atoms with E-state index in [1.165, 1.54) is 12.8 Å². The molecule has 1 amide bonds. The molecule has 3 heteroatoms. The van der Waals surface area contributed by atoms with Crippen LogP contribution in [-0.2, 0) is 4.79 Å². The second-order valence-electron chi connectivity index (χ2n) is 7.34. The normalized spacial score (nSPS) is 34.8. The van der Waals surface area contributed by atoms with Gasteiger partial charge in [-0.05, 0) is 37.0 Å². The number of hydrogen-bond donors (Lipinski definition) is 1. The highest BCUT2D eigenvalue weighted by Crippen LogP contribution is 2.42. The summed E-state index contributed by atoms with van der Waals surface area (Å²) < 4.78 is 0. The summed E-state index contributed by atoms with van der Waals surface area (Å²) in [4.78, 5) is 13.9. The van der Waals surface area contributed by atoms with Crippen LogP contribution < -0.4 is 5.32 Å². The number of carbonyl (C=O) groups excluding carboxylic acids is 1. The van der Waals surface area contributed by atoms with Gasteiger partial charge in [0.15, 0.2) is 0 Å².